The molecule has 0 unspecified atom stereocenters. The molecule has 0 N–H and O–H groups in total. The number of aryl methyl sites for hydroxylation is 1. The predicted molar refractivity (Wildman–Crippen MR) is 147 cm³/mol. The maximum atomic E-state index is 14.0. The molecule has 2 aliphatic heterocycles. The molecule has 0 aliphatic carbocycles. The zero-order valence-corrected chi connectivity index (χ0v) is 22.6. The summed E-state index contributed by atoms with van der Waals surface area (Å²) in [6, 6.07) is 5.67. The first kappa shape index (κ1) is 28.1. The second-order valence-electron chi connectivity index (χ2n) is 10.2. The zero-order chi connectivity index (χ0) is 29.3. The summed E-state index contributed by atoms with van der Waals surface area (Å²) < 4.78 is 42.8. The Morgan fingerprint density at radius 2 is 1.90 bits per heavy atom. The molecule has 10 nitrogen and oxygen atoms in total. The summed E-state index contributed by atoms with van der Waals surface area (Å²) >= 11 is 0. The molecule has 0 bridgehead atoms. The number of piperidine rings is 1. The van der Waals surface area contributed by atoms with Crippen molar-refractivity contribution in [2.75, 3.05) is 42.5 Å². The van der Waals surface area contributed by atoms with Crippen LogP contribution in [0.5, 0.6) is 0 Å². The number of rotatable bonds is 5. The Hall–Kier alpha value is -4.47. The molecule has 4 heterocycles. The van der Waals surface area contributed by atoms with Gasteiger partial charge in [-0.3, -0.25) is 9.59 Å². The van der Waals surface area contributed by atoms with Gasteiger partial charge < -0.3 is 14.7 Å². The molecule has 0 spiro atoms. The van der Waals surface area contributed by atoms with Crippen LogP contribution in [0.4, 0.5) is 24.9 Å². The van der Waals surface area contributed by atoms with Crippen LogP contribution in [0.2, 0.25) is 0 Å². The quantitative estimate of drug-likeness (QED) is 0.431. The average molecular weight is 567 g/mol. The van der Waals surface area contributed by atoms with Gasteiger partial charge in [0.15, 0.2) is 0 Å². The number of hydrogen-bond donors (Lipinski definition) is 0. The standard InChI is InChI=1S/C28H29F3N8O2/c1-3-22(40)38-15-14-37(17-19(38)10-11-32)25-20-16-33-39(21-9-7-8-18(2)23(21)28(29,30)31)26(41)24(20)34-27(35-25)36-12-5-4-6-13-36/h3,7-9,16,19H,1,4-6,10,12-15,17H2,2H3/t19-/m0/s1. The number of alkyl halides is 3. The van der Waals surface area contributed by atoms with Crippen molar-refractivity contribution in [2.45, 2.75) is 44.8 Å². The van der Waals surface area contributed by atoms with Crippen LogP contribution in [0.25, 0.3) is 16.6 Å². The minimum absolute atomic E-state index is 0.0309. The number of nitriles is 1. The molecule has 2 saturated heterocycles. The van der Waals surface area contributed by atoms with E-state index in [-0.39, 0.29) is 41.0 Å². The van der Waals surface area contributed by atoms with E-state index in [1.807, 2.05) is 9.80 Å². The van der Waals surface area contributed by atoms with Crippen LogP contribution < -0.4 is 15.4 Å². The van der Waals surface area contributed by atoms with Gasteiger partial charge in [-0.05, 0) is 43.9 Å². The summed E-state index contributed by atoms with van der Waals surface area (Å²) in [6.07, 6.45) is 0.790. The molecule has 2 aliphatic rings. The highest BCUT2D eigenvalue weighted by Crippen LogP contribution is 2.36. The number of nitrogens with zero attached hydrogens (tertiary/aromatic N) is 8. The summed E-state index contributed by atoms with van der Waals surface area (Å²) in [6.45, 7) is 7.16. The van der Waals surface area contributed by atoms with E-state index in [1.54, 1.807) is 4.90 Å². The molecule has 0 saturated carbocycles. The van der Waals surface area contributed by atoms with Crippen molar-refractivity contribution in [1.82, 2.24) is 24.6 Å². The highest BCUT2D eigenvalue weighted by molar-refractivity contribution is 5.90. The van der Waals surface area contributed by atoms with E-state index in [9.17, 15) is 28.0 Å². The second kappa shape index (κ2) is 11.2. The molecule has 1 atom stereocenters. The number of hydrogen-bond acceptors (Lipinski definition) is 8. The normalized spacial score (nSPS) is 17.9. The van der Waals surface area contributed by atoms with Crippen molar-refractivity contribution in [3.63, 3.8) is 0 Å². The Morgan fingerprint density at radius 1 is 1.15 bits per heavy atom. The van der Waals surface area contributed by atoms with E-state index in [0.717, 1.165) is 23.9 Å². The first-order valence-corrected chi connectivity index (χ1v) is 13.4. The number of aromatic nitrogens is 4. The highest BCUT2D eigenvalue weighted by atomic mass is 19.4. The Morgan fingerprint density at radius 3 is 2.59 bits per heavy atom. The van der Waals surface area contributed by atoms with Crippen molar-refractivity contribution < 1.29 is 18.0 Å². The summed E-state index contributed by atoms with van der Waals surface area (Å²) in [5.74, 6) is 0.416. The van der Waals surface area contributed by atoms with Crippen LogP contribution in [-0.4, -0.2) is 69.3 Å². The lowest BCUT2D eigenvalue weighted by molar-refractivity contribution is -0.138. The highest BCUT2D eigenvalue weighted by Gasteiger charge is 2.37. The Balaban J connectivity index is 1.68. The molecule has 0 radical (unpaired) electrons. The first-order chi connectivity index (χ1) is 19.6. The zero-order valence-electron chi connectivity index (χ0n) is 22.6. The lowest BCUT2D eigenvalue weighted by Gasteiger charge is -2.41. The summed E-state index contributed by atoms with van der Waals surface area (Å²) in [5, 5.41) is 13.8. The number of fused-ring (bicyclic) bond motifs is 1. The van der Waals surface area contributed by atoms with Crippen molar-refractivity contribution >= 4 is 28.6 Å². The number of carbonyl (C=O) groups is 1. The molecule has 41 heavy (non-hydrogen) atoms. The van der Waals surface area contributed by atoms with Gasteiger partial charge in [-0.1, -0.05) is 18.7 Å². The number of anilines is 2. The van der Waals surface area contributed by atoms with Gasteiger partial charge in [0.2, 0.25) is 11.9 Å². The van der Waals surface area contributed by atoms with Gasteiger partial charge in [0.05, 0.1) is 41.4 Å². The van der Waals surface area contributed by atoms with E-state index < -0.39 is 23.3 Å². The van der Waals surface area contributed by atoms with Crippen LogP contribution in [0.15, 0.2) is 41.8 Å². The van der Waals surface area contributed by atoms with Gasteiger partial charge in [0.1, 0.15) is 11.3 Å². The van der Waals surface area contributed by atoms with Gasteiger partial charge in [-0.25, -0.2) is 4.98 Å². The minimum atomic E-state index is -4.70. The van der Waals surface area contributed by atoms with Crippen molar-refractivity contribution in [3.05, 3.63) is 58.5 Å². The van der Waals surface area contributed by atoms with Gasteiger partial charge >= 0.3 is 6.18 Å². The molecule has 2 fully saturated rings. The molecular formula is C28H29F3N8O2. The number of amides is 1. The maximum absolute atomic E-state index is 14.0. The molecule has 1 amide bonds. The lowest BCUT2D eigenvalue weighted by Crippen LogP contribution is -2.55. The van der Waals surface area contributed by atoms with Crippen LogP contribution in [-0.2, 0) is 11.0 Å². The SMILES string of the molecule is C=CC(=O)N1CCN(c2nc(N3CCCCC3)nc3c(=O)n(-c4cccc(C)c4C(F)(F)F)ncc23)C[C@@H]1CC#N. The van der Waals surface area contributed by atoms with Crippen LogP contribution >= 0.6 is 0 Å². The molecular weight excluding hydrogens is 537 g/mol. The fraction of sp³-hybridized carbons (Fsp3) is 0.429. The monoisotopic (exact) mass is 566 g/mol. The second-order valence-corrected chi connectivity index (χ2v) is 10.2. The van der Waals surface area contributed by atoms with Crippen LogP contribution in [0.3, 0.4) is 0 Å². The molecule has 214 valence electrons. The van der Waals surface area contributed by atoms with Crippen LogP contribution in [0, 0.1) is 18.3 Å². The fourth-order valence-corrected chi connectivity index (χ4v) is 5.58. The largest absolute Gasteiger partial charge is 0.418 e. The van der Waals surface area contributed by atoms with E-state index in [2.05, 4.69) is 22.7 Å². The topological polar surface area (TPSA) is 111 Å². The lowest BCUT2D eigenvalue weighted by atomic mass is 10.1. The summed E-state index contributed by atoms with van der Waals surface area (Å²) in [5.41, 5.74) is -2.20. The Labute approximate surface area is 234 Å². The predicted octanol–water partition coefficient (Wildman–Crippen LogP) is 3.61. The molecule has 3 aromatic rings. The Kier molecular flexibility index (Phi) is 7.66. The maximum Gasteiger partial charge on any atom is 0.418 e. The van der Waals surface area contributed by atoms with E-state index in [4.69, 9.17) is 4.98 Å². The smallest absolute Gasteiger partial charge is 0.352 e. The molecule has 1 aromatic carbocycles. The Bertz CT molecular complexity index is 1590. The van der Waals surface area contributed by atoms with E-state index in [1.165, 1.54) is 37.4 Å². The molecule has 5 rings (SSSR count). The summed E-state index contributed by atoms with van der Waals surface area (Å²) in [4.78, 5) is 41.1. The number of carbonyl (C=O) groups excluding carboxylic acids is 1. The van der Waals surface area contributed by atoms with Crippen LogP contribution in [0.1, 0.15) is 36.8 Å². The third-order valence-corrected chi connectivity index (χ3v) is 7.58. The van der Waals surface area contributed by atoms with Crippen molar-refractivity contribution in [1.29, 1.82) is 5.26 Å². The van der Waals surface area contributed by atoms with Gasteiger partial charge in [0, 0.05) is 32.7 Å². The van der Waals surface area contributed by atoms with E-state index >= 15 is 0 Å². The number of benzene rings is 1. The minimum Gasteiger partial charge on any atom is -0.352 e. The van der Waals surface area contributed by atoms with Gasteiger partial charge in [-0.15, -0.1) is 0 Å². The summed E-state index contributed by atoms with van der Waals surface area (Å²) in [7, 11) is 0. The van der Waals surface area contributed by atoms with E-state index in [0.29, 0.717) is 37.9 Å². The van der Waals surface area contributed by atoms with Gasteiger partial charge in [-0.2, -0.15) is 33.2 Å². The third kappa shape index (κ3) is 5.33. The first-order valence-electron chi connectivity index (χ1n) is 13.4. The number of halogens is 3. The molecule has 13 heteroatoms. The van der Waals surface area contributed by atoms with Gasteiger partial charge in [0.25, 0.3) is 5.56 Å². The van der Waals surface area contributed by atoms with Crippen molar-refractivity contribution in [3.8, 4) is 11.8 Å². The molecule has 2 aromatic heterocycles. The number of piperazine rings is 1. The third-order valence-electron chi connectivity index (χ3n) is 7.58. The van der Waals surface area contributed by atoms with Crippen molar-refractivity contribution in [2.24, 2.45) is 0 Å². The fourth-order valence-electron chi connectivity index (χ4n) is 5.58. The average Bonchev–Trinajstić information content (AvgIpc) is 2.96.